The molecule has 5 rings (SSSR count). The molecule has 0 amide bonds. The van der Waals surface area contributed by atoms with Crippen LogP contribution in [0.1, 0.15) is 24.5 Å². The van der Waals surface area contributed by atoms with Gasteiger partial charge in [0.2, 0.25) is 0 Å². The standard InChI is InChI=1S/C30H15F11O/c1-2-3-12-6-18(32)24(19(33)7-12)30(40,41)42-21-5-4-13-9-16(25(35)29(39)23(13)27(21)37)14-8-15-11-20(34)26(36)28(38)22(15)17(31)10-14/h4-11H,2-3H2,1H3. The Morgan fingerprint density at radius 3 is 1.88 bits per heavy atom. The summed E-state index contributed by atoms with van der Waals surface area (Å²) in [7, 11) is 0. The van der Waals surface area contributed by atoms with Crippen molar-refractivity contribution in [1.82, 2.24) is 0 Å². The summed E-state index contributed by atoms with van der Waals surface area (Å²) in [4.78, 5) is 0. The van der Waals surface area contributed by atoms with E-state index in [0.717, 1.165) is 18.2 Å². The molecule has 5 aromatic carbocycles. The molecule has 0 aliphatic carbocycles. The average molecular weight is 600 g/mol. The van der Waals surface area contributed by atoms with E-state index in [1.54, 1.807) is 6.92 Å². The third-order valence-corrected chi connectivity index (χ3v) is 6.59. The highest BCUT2D eigenvalue weighted by Crippen LogP contribution is 2.41. The molecule has 0 aromatic heterocycles. The summed E-state index contributed by atoms with van der Waals surface area (Å²) in [6.07, 6.45) is -4.13. The first kappa shape index (κ1) is 29.2. The van der Waals surface area contributed by atoms with Gasteiger partial charge in [-0.05, 0) is 70.8 Å². The zero-order chi connectivity index (χ0) is 30.7. The first-order valence-corrected chi connectivity index (χ1v) is 12.2. The first-order chi connectivity index (χ1) is 19.7. The maximum absolute atomic E-state index is 15.2. The first-order valence-electron chi connectivity index (χ1n) is 12.2. The van der Waals surface area contributed by atoms with E-state index in [-0.39, 0.29) is 12.0 Å². The number of halogens is 11. The van der Waals surface area contributed by atoms with Gasteiger partial charge in [0.25, 0.3) is 0 Å². The lowest BCUT2D eigenvalue weighted by Gasteiger charge is -2.21. The molecular weight excluding hydrogens is 585 g/mol. The topological polar surface area (TPSA) is 9.23 Å². The Morgan fingerprint density at radius 1 is 0.595 bits per heavy atom. The lowest BCUT2D eigenvalue weighted by Crippen LogP contribution is -2.26. The normalized spacial score (nSPS) is 12.0. The monoisotopic (exact) mass is 600 g/mol. The molecule has 0 aliphatic rings. The molecule has 5 aromatic rings. The van der Waals surface area contributed by atoms with Crippen molar-refractivity contribution in [2.45, 2.75) is 25.9 Å². The van der Waals surface area contributed by atoms with Gasteiger partial charge >= 0.3 is 6.11 Å². The highest BCUT2D eigenvalue weighted by atomic mass is 19.3. The van der Waals surface area contributed by atoms with E-state index in [0.29, 0.717) is 36.8 Å². The van der Waals surface area contributed by atoms with Gasteiger partial charge in [-0.25, -0.2) is 39.5 Å². The van der Waals surface area contributed by atoms with Gasteiger partial charge in [-0.2, -0.15) is 8.78 Å². The van der Waals surface area contributed by atoms with Crippen molar-refractivity contribution < 1.29 is 53.0 Å². The molecule has 0 saturated heterocycles. The van der Waals surface area contributed by atoms with Gasteiger partial charge in [-0.1, -0.05) is 19.4 Å². The van der Waals surface area contributed by atoms with Crippen molar-refractivity contribution in [2.24, 2.45) is 0 Å². The molecule has 0 heterocycles. The van der Waals surface area contributed by atoms with Crippen molar-refractivity contribution in [3.63, 3.8) is 0 Å². The minimum atomic E-state index is -4.78. The number of fused-ring (bicyclic) bond motifs is 2. The smallest absolute Gasteiger partial charge is 0.426 e. The Kier molecular flexibility index (Phi) is 7.28. The summed E-state index contributed by atoms with van der Waals surface area (Å²) in [5, 5.41) is -3.14. The Hall–Kier alpha value is -4.35. The number of benzene rings is 5. The van der Waals surface area contributed by atoms with E-state index >= 15 is 13.2 Å². The fraction of sp³-hybridized carbons (Fsp3) is 0.133. The molecule has 218 valence electrons. The molecule has 0 saturated carbocycles. The van der Waals surface area contributed by atoms with Crippen LogP contribution in [0.5, 0.6) is 5.75 Å². The summed E-state index contributed by atoms with van der Waals surface area (Å²) in [6.45, 7) is 1.69. The molecule has 42 heavy (non-hydrogen) atoms. The van der Waals surface area contributed by atoms with Gasteiger partial charge in [0.05, 0.1) is 10.8 Å². The van der Waals surface area contributed by atoms with Gasteiger partial charge in [0, 0.05) is 5.56 Å². The highest BCUT2D eigenvalue weighted by molar-refractivity contribution is 5.93. The van der Waals surface area contributed by atoms with Crippen LogP contribution in [0.15, 0.2) is 48.5 Å². The molecule has 0 radical (unpaired) electrons. The van der Waals surface area contributed by atoms with Crippen LogP contribution in [0, 0.1) is 52.4 Å². The van der Waals surface area contributed by atoms with Crippen molar-refractivity contribution in [3.8, 4) is 16.9 Å². The predicted octanol–water partition coefficient (Wildman–Crippen LogP) is 9.99. The molecule has 0 aliphatic heterocycles. The van der Waals surface area contributed by atoms with Crippen LogP contribution in [0.4, 0.5) is 48.3 Å². The summed E-state index contributed by atoms with van der Waals surface area (Å²) >= 11 is 0. The number of ether oxygens (including phenoxy) is 1. The predicted molar refractivity (Wildman–Crippen MR) is 131 cm³/mol. The van der Waals surface area contributed by atoms with Gasteiger partial charge in [-0.3, -0.25) is 0 Å². The summed E-state index contributed by atoms with van der Waals surface area (Å²) in [5.74, 6) is -17.2. The van der Waals surface area contributed by atoms with E-state index in [9.17, 15) is 35.1 Å². The quantitative estimate of drug-likeness (QED) is 0.139. The van der Waals surface area contributed by atoms with Crippen LogP contribution in [-0.2, 0) is 12.5 Å². The minimum absolute atomic E-state index is 0.0889. The average Bonchev–Trinajstić information content (AvgIpc) is 2.90. The second-order valence-electron chi connectivity index (χ2n) is 9.37. The number of aryl methyl sites for hydroxylation is 1. The van der Waals surface area contributed by atoms with Crippen molar-refractivity contribution in [3.05, 3.63) is 112 Å². The number of alkyl halides is 2. The molecule has 0 bridgehead atoms. The fourth-order valence-electron chi connectivity index (χ4n) is 4.72. The number of rotatable bonds is 6. The third-order valence-electron chi connectivity index (χ3n) is 6.59. The molecule has 12 heteroatoms. The fourth-order valence-corrected chi connectivity index (χ4v) is 4.72. The lowest BCUT2D eigenvalue weighted by atomic mass is 9.96. The van der Waals surface area contributed by atoms with Crippen LogP contribution in [0.3, 0.4) is 0 Å². The Bertz CT molecular complexity index is 1880. The Morgan fingerprint density at radius 2 is 1.24 bits per heavy atom. The maximum Gasteiger partial charge on any atom is 0.432 e. The Balaban J connectivity index is 1.59. The summed E-state index contributed by atoms with van der Waals surface area (Å²) < 4.78 is 164. The van der Waals surface area contributed by atoms with Gasteiger partial charge < -0.3 is 4.74 Å². The zero-order valence-corrected chi connectivity index (χ0v) is 21.1. The SMILES string of the molecule is CCCc1cc(F)c(C(F)(F)Oc2ccc3cc(-c4cc(F)c5c(F)c(F)c(F)cc5c4)c(F)c(F)c3c2F)c(F)c1. The summed E-state index contributed by atoms with van der Waals surface area (Å²) in [6, 6.07) is 5.29. The number of hydrogen-bond acceptors (Lipinski definition) is 1. The van der Waals surface area contributed by atoms with Gasteiger partial charge in [0.1, 0.15) is 23.0 Å². The molecule has 0 N–H and O–H groups in total. The molecular formula is C30H15F11O. The van der Waals surface area contributed by atoms with Gasteiger partial charge in [0.15, 0.2) is 40.7 Å². The molecule has 0 fully saturated rings. The van der Waals surface area contributed by atoms with Crippen molar-refractivity contribution >= 4 is 21.5 Å². The third kappa shape index (κ3) is 4.78. The number of hydrogen-bond donors (Lipinski definition) is 0. The van der Waals surface area contributed by atoms with Crippen LogP contribution in [-0.4, -0.2) is 0 Å². The molecule has 0 spiro atoms. The van der Waals surface area contributed by atoms with Crippen LogP contribution < -0.4 is 4.74 Å². The van der Waals surface area contributed by atoms with E-state index in [2.05, 4.69) is 4.74 Å². The van der Waals surface area contributed by atoms with Gasteiger partial charge in [-0.15, -0.1) is 0 Å². The van der Waals surface area contributed by atoms with E-state index in [4.69, 9.17) is 0 Å². The van der Waals surface area contributed by atoms with E-state index < -0.39 is 102 Å². The maximum atomic E-state index is 15.2. The molecule has 0 atom stereocenters. The van der Waals surface area contributed by atoms with Crippen LogP contribution >= 0.6 is 0 Å². The van der Waals surface area contributed by atoms with Crippen molar-refractivity contribution in [1.29, 1.82) is 0 Å². The van der Waals surface area contributed by atoms with Crippen LogP contribution in [0.2, 0.25) is 0 Å². The minimum Gasteiger partial charge on any atom is -0.426 e. The van der Waals surface area contributed by atoms with Crippen LogP contribution in [0.25, 0.3) is 32.7 Å². The molecule has 1 nitrogen and oxygen atoms in total. The van der Waals surface area contributed by atoms with E-state index in [1.807, 2.05) is 0 Å². The van der Waals surface area contributed by atoms with E-state index in [1.165, 1.54) is 0 Å². The second-order valence-corrected chi connectivity index (χ2v) is 9.37. The second kappa shape index (κ2) is 10.5. The lowest BCUT2D eigenvalue weighted by molar-refractivity contribution is -0.190. The highest BCUT2D eigenvalue weighted by Gasteiger charge is 2.42. The molecule has 0 unspecified atom stereocenters. The van der Waals surface area contributed by atoms with Crippen molar-refractivity contribution in [2.75, 3.05) is 0 Å². The zero-order valence-electron chi connectivity index (χ0n) is 21.1. The summed E-state index contributed by atoms with van der Waals surface area (Å²) in [5.41, 5.74) is -2.94. The Labute approximate surface area is 229 Å². The largest absolute Gasteiger partial charge is 0.432 e.